The largest absolute Gasteiger partial charge is 0.231 e. The molecule has 0 bridgehead atoms. The molecule has 4 aromatic rings. The molecule has 3 heterocycles. The third kappa shape index (κ3) is 3.71. The van der Waals surface area contributed by atoms with Crippen LogP contribution in [0.25, 0.3) is 11.3 Å². The Morgan fingerprint density at radius 2 is 1.79 bits per heavy atom. The zero-order valence-corrected chi connectivity index (χ0v) is 17.5. The fourth-order valence-corrected chi connectivity index (χ4v) is 5.03. The molecule has 7 heteroatoms. The lowest BCUT2D eigenvalue weighted by molar-refractivity contribution is 0.624. The fourth-order valence-electron chi connectivity index (χ4n) is 3.35. The molecule has 2 aromatic carbocycles. The lowest BCUT2D eigenvalue weighted by Gasteiger charge is -2.21. The van der Waals surface area contributed by atoms with E-state index in [1.54, 1.807) is 22.7 Å². The third-order valence-corrected chi connectivity index (χ3v) is 6.80. The molecule has 0 saturated carbocycles. The number of hydrazone groups is 1. The molecule has 0 saturated heterocycles. The van der Waals surface area contributed by atoms with Crippen molar-refractivity contribution in [3.63, 3.8) is 0 Å². The van der Waals surface area contributed by atoms with E-state index in [1.165, 1.54) is 12.1 Å². The summed E-state index contributed by atoms with van der Waals surface area (Å²) in [5.41, 5.74) is 3.94. The number of nitrogens with zero attached hydrogens (tertiary/aromatic N) is 3. The number of halogens is 2. The summed E-state index contributed by atoms with van der Waals surface area (Å²) < 4.78 is 13.5. The molecule has 1 unspecified atom stereocenters. The summed E-state index contributed by atoms with van der Waals surface area (Å²) in [4.78, 5) is 5.97. The van der Waals surface area contributed by atoms with Crippen molar-refractivity contribution in [3.05, 3.63) is 92.7 Å². The average molecular weight is 440 g/mol. The van der Waals surface area contributed by atoms with Crippen LogP contribution in [-0.2, 0) is 0 Å². The van der Waals surface area contributed by atoms with Crippen LogP contribution >= 0.6 is 34.3 Å². The quantitative estimate of drug-likeness (QED) is 0.341. The van der Waals surface area contributed by atoms with Crippen molar-refractivity contribution in [3.8, 4) is 11.3 Å². The lowest BCUT2D eigenvalue weighted by atomic mass is 10.0. The van der Waals surface area contributed by atoms with Crippen LogP contribution < -0.4 is 5.01 Å². The van der Waals surface area contributed by atoms with Gasteiger partial charge < -0.3 is 0 Å². The molecule has 1 aliphatic rings. The van der Waals surface area contributed by atoms with Crippen LogP contribution in [0.15, 0.2) is 76.5 Å². The summed E-state index contributed by atoms with van der Waals surface area (Å²) in [6, 6.07) is 18.4. The maximum Gasteiger partial charge on any atom is 0.207 e. The Bertz CT molecular complexity index is 1150. The van der Waals surface area contributed by atoms with Gasteiger partial charge in [0.1, 0.15) is 5.82 Å². The lowest BCUT2D eigenvalue weighted by Crippen LogP contribution is -2.18. The summed E-state index contributed by atoms with van der Waals surface area (Å²) in [5, 5.41) is 12.5. The molecule has 144 valence electrons. The monoisotopic (exact) mass is 439 g/mol. The van der Waals surface area contributed by atoms with Crippen molar-refractivity contribution in [2.24, 2.45) is 5.10 Å². The Morgan fingerprint density at radius 3 is 2.52 bits per heavy atom. The van der Waals surface area contributed by atoms with Gasteiger partial charge in [-0.25, -0.2) is 14.4 Å². The zero-order chi connectivity index (χ0) is 19.8. The Labute approximate surface area is 180 Å². The van der Waals surface area contributed by atoms with Crippen LogP contribution in [0.4, 0.5) is 9.52 Å². The normalized spacial score (nSPS) is 16.3. The average Bonchev–Trinajstić information content (AvgIpc) is 3.48. The smallest absolute Gasteiger partial charge is 0.207 e. The van der Waals surface area contributed by atoms with Gasteiger partial charge in [0.05, 0.1) is 22.3 Å². The molecule has 5 rings (SSSR count). The number of thiophene rings is 1. The summed E-state index contributed by atoms with van der Waals surface area (Å²) >= 11 is 9.23. The molecular weight excluding hydrogens is 425 g/mol. The first-order chi connectivity index (χ1) is 14.2. The number of hydrogen-bond donors (Lipinski definition) is 0. The van der Waals surface area contributed by atoms with Gasteiger partial charge >= 0.3 is 0 Å². The zero-order valence-electron chi connectivity index (χ0n) is 15.1. The van der Waals surface area contributed by atoms with Gasteiger partial charge in [-0.2, -0.15) is 5.10 Å². The highest BCUT2D eigenvalue weighted by Crippen LogP contribution is 2.40. The van der Waals surface area contributed by atoms with E-state index in [4.69, 9.17) is 21.7 Å². The molecule has 0 fully saturated rings. The van der Waals surface area contributed by atoms with Gasteiger partial charge in [0.15, 0.2) is 0 Å². The molecule has 2 aromatic heterocycles. The molecule has 3 nitrogen and oxygen atoms in total. The molecule has 29 heavy (non-hydrogen) atoms. The van der Waals surface area contributed by atoms with Crippen molar-refractivity contribution in [1.82, 2.24) is 4.98 Å². The SMILES string of the molecule is Fc1ccc(C2CC(c3cccs3)=NN2c2nc(-c3ccc(Cl)cc3)cs2)cc1. The Morgan fingerprint density at radius 1 is 1.00 bits per heavy atom. The molecular formula is C22H15ClFN3S2. The minimum atomic E-state index is -0.239. The van der Waals surface area contributed by atoms with Crippen molar-refractivity contribution in [2.75, 3.05) is 5.01 Å². The van der Waals surface area contributed by atoms with Crippen LogP contribution in [-0.4, -0.2) is 10.7 Å². The maximum absolute atomic E-state index is 13.5. The molecule has 0 spiro atoms. The highest BCUT2D eigenvalue weighted by Gasteiger charge is 2.32. The first-order valence-electron chi connectivity index (χ1n) is 9.05. The number of anilines is 1. The topological polar surface area (TPSA) is 28.5 Å². The van der Waals surface area contributed by atoms with Gasteiger partial charge in [0.25, 0.3) is 0 Å². The summed E-state index contributed by atoms with van der Waals surface area (Å²) in [6.07, 6.45) is 0.752. The van der Waals surface area contributed by atoms with Crippen molar-refractivity contribution in [1.29, 1.82) is 0 Å². The van der Waals surface area contributed by atoms with E-state index in [0.717, 1.165) is 39.0 Å². The fraction of sp³-hybridized carbons (Fsp3) is 0.0909. The molecule has 0 radical (unpaired) electrons. The van der Waals surface area contributed by atoms with E-state index in [2.05, 4.69) is 11.4 Å². The Hall–Kier alpha value is -2.54. The standard InChI is InChI=1S/C22H15ClFN3S2/c23-16-7-3-14(4-8-16)19-13-29-22(25-19)27-20(15-5-9-17(24)10-6-15)12-18(26-27)21-2-1-11-28-21/h1-11,13,20H,12H2. The van der Waals surface area contributed by atoms with Crippen LogP contribution in [0.3, 0.4) is 0 Å². The molecule has 1 atom stereocenters. The van der Waals surface area contributed by atoms with E-state index in [9.17, 15) is 4.39 Å². The summed E-state index contributed by atoms with van der Waals surface area (Å²) in [6.45, 7) is 0. The van der Waals surface area contributed by atoms with Crippen molar-refractivity contribution < 1.29 is 4.39 Å². The van der Waals surface area contributed by atoms with Gasteiger partial charge in [0.2, 0.25) is 5.13 Å². The Balaban J connectivity index is 1.52. The summed E-state index contributed by atoms with van der Waals surface area (Å²) in [5.74, 6) is -0.239. The van der Waals surface area contributed by atoms with Gasteiger partial charge in [-0.1, -0.05) is 41.9 Å². The van der Waals surface area contributed by atoms with E-state index >= 15 is 0 Å². The predicted molar refractivity (Wildman–Crippen MR) is 120 cm³/mol. The molecule has 1 aliphatic heterocycles. The maximum atomic E-state index is 13.5. The van der Waals surface area contributed by atoms with E-state index < -0.39 is 0 Å². The first-order valence-corrected chi connectivity index (χ1v) is 11.2. The first kappa shape index (κ1) is 18.5. The molecule has 0 amide bonds. The van der Waals surface area contributed by atoms with Crippen LogP contribution in [0.2, 0.25) is 5.02 Å². The number of rotatable bonds is 4. The second-order valence-electron chi connectivity index (χ2n) is 6.66. The number of thiazole rings is 1. The predicted octanol–water partition coefficient (Wildman–Crippen LogP) is 7.02. The van der Waals surface area contributed by atoms with Gasteiger partial charge in [-0.15, -0.1) is 22.7 Å². The van der Waals surface area contributed by atoms with Gasteiger partial charge in [0, 0.05) is 22.4 Å². The van der Waals surface area contributed by atoms with E-state index in [-0.39, 0.29) is 11.9 Å². The van der Waals surface area contributed by atoms with Gasteiger partial charge in [-0.3, -0.25) is 0 Å². The minimum Gasteiger partial charge on any atom is -0.231 e. The molecule has 0 N–H and O–H groups in total. The summed E-state index contributed by atoms with van der Waals surface area (Å²) in [7, 11) is 0. The van der Waals surface area contributed by atoms with Crippen molar-refractivity contribution >= 4 is 45.1 Å². The molecule has 0 aliphatic carbocycles. The van der Waals surface area contributed by atoms with E-state index in [0.29, 0.717) is 5.02 Å². The van der Waals surface area contributed by atoms with Crippen LogP contribution in [0.1, 0.15) is 22.9 Å². The second kappa shape index (κ2) is 7.71. The van der Waals surface area contributed by atoms with E-state index in [1.807, 2.05) is 52.9 Å². The van der Waals surface area contributed by atoms with Crippen LogP contribution in [0, 0.1) is 5.82 Å². The highest BCUT2D eigenvalue weighted by molar-refractivity contribution is 7.14. The number of aromatic nitrogens is 1. The Kier molecular flexibility index (Phi) is 4.91. The number of benzene rings is 2. The number of hydrogen-bond acceptors (Lipinski definition) is 5. The second-order valence-corrected chi connectivity index (χ2v) is 8.88. The van der Waals surface area contributed by atoms with Crippen LogP contribution in [0.5, 0.6) is 0 Å². The third-order valence-electron chi connectivity index (χ3n) is 4.80. The van der Waals surface area contributed by atoms with Gasteiger partial charge in [-0.05, 0) is 41.3 Å². The van der Waals surface area contributed by atoms with Crippen molar-refractivity contribution in [2.45, 2.75) is 12.5 Å². The minimum absolute atomic E-state index is 0.0167. The highest BCUT2D eigenvalue weighted by atomic mass is 35.5.